The highest BCUT2D eigenvalue weighted by atomic mass is 35.5. The van der Waals surface area contributed by atoms with Crippen LogP contribution >= 0.6 is 34.8 Å². The van der Waals surface area contributed by atoms with Gasteiger partial charge in [0.1, 0.15) is 5.82 Å². The molecule has 0 saturated carbocycles. The van der Waals surface area contributed by atoms with Crippen molar-refractivity contribution in [2.75, 3.05) is 0 Å². The van der Waals surface area contributed by atoms with Gasteiger partial charge in [-0.05, 0) is 32.4 Å². The third kappa shape index (κ3) is 2.72. The molecule has 0 saturated heterocycles. The van der Waals surface area contributed by atoms with E-state index in [0.29, 0.717) is 15.9 Å². The topological polar surface area (TPSA) is 17.8 Å². The van der Waals surface area contributed by atoms with E-state index in [0.717, 1.165) is 29.7 Å². The van der Waals surface area contributed by atoms with Crippen LogP contribution in [-0.2, 0) is 11.4 Å². The number of rotatable bonds is 4. The molecule has 5 heteroatoms. The summed E-state index contributed by atoms with van der Waals surface area (Å²) in [7, 11) is 0. The second-order valence-electron chi connectivity index (χ2n) is 5.31. The molecule has 1 heterocycles. The highest BCUT2D eigenvalue weighted by Crippen LogP contribution is 2.34. The van der Waals surface area contributed by atoms with E-state index in [1.807, 2.05) is 6.07 Å². The Bertz CT molecular complexity index is 602. The molecule has 0 aliphatic carbocycles. The van der Waals surface area contributed by atoms with E-state index in [-0.39, 0.29) is 5.54 Å². The van der Waals surface area contributed by atoms with Crippen molar-refractivity contribution in [3.63, 3.8) is 0 Å². The molecule has 2 aromatic rings. The number of halogens is 3. The fourth-order valence-corrected chi connectivity index (χ4v) is 3.11. The van der Waals surface area contributed by atoms with Crippen LogP contribution < -0.4 is 0 Å². The molecule has 0 aliphatic rings. The molecule has 0 N–H and O–H groups in total. The molecule has 104 valence electrons. The van der Waals surface area contributed by atoms with Crippen molar-refractivity contribution in [3.05, 3.63) is 28.0 Å². The van der Waals surface area contributed by atoms with Crippen molar-refractivity contribution in [1.82, 2.24) is 9.55 Å². The predicted molar refractivity (Wildman–Crippen MR) is 83.5 cm³/mol. The van der Waals surface area contributed by atoms with Gasteiger partial charge in [0.2, 0.25) is 0 Å². The zero-order valence-electron chi connectivity index (χ0n) is 11.3. The Morgan fingerprint density at radius 3 is 2.42 bits per heavy atom. The van der Waals surface area contributed by atoms with Gasteiger partial charge >= 0.3 is 0 Å². The molecule has 0 atom stereocenters. The van der Waals surface area contributed by atoms with E-state index >= 15 is 0 Å². The fourth-order valence-electron chi connectivity index (χ4n) is 2.61. The lowest BCUT2D eigenvalue weighted by molar-refractivity contribution is 0.326. The smallest absolute Gasteiger partial charge is 0.125 e. The van der Waals surface area contributed by atoms with Gasteiger partial charge in [0.05, 0.1) is 27.0 Å². The van der Waals surface area contributed by atoms with Gasteiger partial charge in [-0.15, -0.1) is 11.6 Å². The van der Waals surface area contributed by atoms with E-state index in [4.69, 9.17) is 34.8 Å². The highest BCUT2D eigenvalue weighted by molar-refractivity contribution is 6.42. The minimum Gasteiger partial charge on any atom is -0.321 e. The van der Waals surface area contributed by atoms with Gasteiger partial charge in [0, 0.05) is 5.54 Å². The molecule has 0 amide bonds. The van der Waals surface area contributed by atoms with Crippen molar-refractivity contribution < 1.29 is 0 Å². The average molecular weight is 320 g/mol. The first-order valence-electron chi connectivity index (χ1n) is 6.33. The maximum Gasteiger partial charge on any atom is 0.125 e. The molecule has 0 spiro atoms. The Balaban J connectivity index is 2.73. The second kappa shape index (κ2) is 5.51. The van der Waals surface area contributed by atoms with Gasteiger partial charge in [0.15, 0.2) is 0 Å². The van der Waals surface area contributed by atoms with E-state index in [9.17, 15) is 0 Å². The van der Waals surface area contributed by atoms with Crippen LogP contribution in [0.1, 0.15) is 39.4 Å². The zero-order valence-corrected chi connectivity index (χ0v) is 13.6. The summed E-state index contributed by atoms with van der Waals surface area (Å²) in [5, 5.41) is 1.07. The summed E-state index contributed by atoms with van der Waals surface area (Å²) in [5.41, 5.74) is 1.78. The molecule has 0 unspecified atom stereocenters. The molecule has 0 fully saturated rings. The average Bonchev–Trinajstić information content (AvgIpc) is 2.68. The van der Waals surface area contributed by atoms with E-state index in [1.54, 1.807) is 6.07 Å². The van der Waals surface area contributed by atoms with Crippen LogP contribution in [0, 0.1) is 0 Å². The van der Waals surface area contributed by atoms with E-state index in [1.165, 1.54) is 0 Å². The quantitative estimate of drug-likeness (QED) is 0.669. The molecule has 0 radical (unpaired) electrons. The number of benzene rings is 1. The van der Waals surface area contributed by atoms with Crippen LogP contribution in [0.5, 0.6) is 0 Å². The maximum absolute atomic E-state index is 6.13. The Labute approximate surface area is 128 Å². The van der Waals surface area contributed by atoms with Gasteiger partial charge in [-0.2, -0.15) is 0 Å². The lowest BCUT2D eigenvalue weighted by Crippen LogP contribution is -2.27. The Kier molecular flexibility index (Phi) is 4.34. The molecule has 19 heavy (non-hydrogen) atoms. The van der Waals surface area contributed by atoms with E-state index < -0.39 is 0 Å². The Morgan fingerprint density at radius 1 is 1.21 bits per heavy atom. The van der Waals surface area contributed by atoms with Crippen molar-refractivity contribution in [2.24, 2.45) is 0 Å². The molecule has 1 aromatic carbocycles. The van der Waals surface area contributed by atoms with Crippen molar-refractivity contribution in [2.45, 2.75) is 45.0 Å². The Hall–Kier alpha value is -0.440. The third-order valence-electron chi connectivity index (χ3n) is 3.35. The summed E-state index contributed by atoms with van der Waals surface area (Å²) in [6, 6.07) is 3.67. The molecule has 2 rings (SSSR count). The van der Waals surface area contributed by atoms with E-state index in [2.05, 4.69) is 30.3 Å². The zero-order chi connectivity index (χ0) is 14.2. The molecule has 2 nitrogen and oxygen atoms in total. The summed E-state index contributed by atoms with van der Waals surface area (Å²) >= 11 is 18.2. The standard InChI is InChI=1S/C14H17Cl3N2/c1-4-5-14(2,3)19-12-7-10(17)9(16)6-11(12)18-13(19)8-15/h6-7H,4-5,8H2,1-3H3. The third-order valence-corrected chi connectivity index (χ3v) is 4.31. The first-order valence-corrected chi connectivity index (χ1v) is 7.62. The monoisotopic (exact) mass is 318 g/mol. The van der Waals surface area contributed by atoms with Crippen LogP contribution in [0.3, 0.4) is 0 Å². The summed E-state index contributed by atoms with van der Waals surface area (Å²) in [4.78, 5) is 4.57. The van der Waals surface area contributed by atoms with Crippen molar-refractivity contribution in [3.8, 4) is 0 Å². The van der Waals surface area contributed by atoms with Crippen molar-refractivity contribution >= 4 is 45.8 Å². The Morgan fingerprint density at radius 2 is 1.84 bits per heavy atom. The maximum atomic E-state index is 6.13. The number of alkyl halides is 1. The molecule has 0 aliphatic heterocycles. The van der Waals surface area contributed by atoms with Crippen molar-refractivity contribution in [1.29, 1.82) is 0 Å². The minimum absolute atomic E-state index is 0.0507. The number of nitrogens with zero attached hydrogens (tertiary/aromatic N) is 2. The van der Waals surface area contributed by atoms with Crippen LogP contribution in [0.4, 0.5) is 0 Å². The van der Waals surface area contributed by atoms with Gasteiger partial charge in [-0.1, -0.05) is 36.5 Å². The first kappa shape index (κ1) is 15.0. The van der Waals surface area contributed by atoms with Gasteiger partial charge in [-0.25, -0.2) is 4.98 Å². The molecular formula is C14H17Cl3N2. The second-order valence-corrected chi connectivity index (χ2v) is 6.40. The SMILES string of the molecule is CCCC(C)(C)n1c(CCl)nc2cc(Cl)c(Cl)cc21. The number of hydrogen-bond acceptors (Lipinski definition) is 1. The first-order chi connectivity index (χ1) is 8.90. The summed E-state index contributed by atoms with van der Waals surface area (Å²) in [6.45, 7) is 6.55. The van der Waals surface area contributed by atoms with Crippen LogP contribution in [0.15, 0.2) is 12.1 Å². The van der Waals surface area contributed by atoms with Crippen LogP contribution in [-0.4, -0.2) is 9.55 Å². The minimum atomic E-state index is -0.0507. The predicted octanol–water partition coefficient (Wildman–Crippen LogP) is 5.62. The molecule has 0 bridgehead atoms. The summed E-state index contributed by atoms with van der Waals surface area (Å²) < 4.78 is 2.18. The van der Waals surface area contributed by atoms with Gasteiger partial charge in [0.25, 0.3) is 0 Å². The molecular weight excluding hydrogens is 303 g/mol. The lowest BCUT2D eigenvalue weighted by atomic mass is 9.98. The largest absolute Gasteiger partial charge is 0.321 e. The van der Waals surface area contributed by atoms with Crippen LogP contribution in [0.2, 0.25) is 10.0 Å². The number of imidazole rings is 1. The van der Waals surface area contributed by atoms with Crippen LogP contribution in [0.25, 0.3) is 11.0 Å². The number of fused-ring (bicyclic) bond motifs is 1. The fraction of sp³-hybridized carbons (Fsp3) is 0.500. The molecule has 1 aromatic heterocycles. The summed E-state index contributed by atoms with van der Waals surface area (Å²) in [5.74, 6) is 1.23. The van der Waals surface area contributed by atoms with Gasteiger partial charge in [-0.3, -0.25) is 0 Å². The number of hydrogen-bond donors (Lipinski definition) is 0. The summed E-state index contributed by atoms with van der Waals surface area (Å²) in [6.07, 6.45) is 2.14. The highest BCUT2D eigenvalue weighted by Gasteiger charge is 2.25. The van der Waals surface area contributed by atoms with Gasteiger partial charge < -0.3 is 4.57 Å². The lowest BCUT2D eigenvalue weighted by Gasteiger charge is -2.29. The normalized spacial score (nSPS) is 12.3. The number of aromatic nitrogens is 2.